The molecule has 2 aromatic rings. The number of carbonyl (C=O) groups excluding carboxylic acids is 1. The molecular weight excluding hydrogens is 288 g/mol. The van der Waals surface area contributed by atoms with Crippen LogP contribution in [0.5, 0.6) is 0 Å². The Balaban J connectivity index is 2.07. The maximum atomic E-state index is 11.9. The van der Waals surface area contributed by atoms with E-state index >= 15 is 0 Å². The first-order valence-corrected chi connectivity index (χ1v) is 6.61. The van der Waals surface area contributed by atoms with Crippen molar-refractivity contribution in [3.05, 3.63) is 63.7 Å². The van der Waals surface area contributed by atoms with Crippen LogP contribution in [-0.2, 0) is 11.3 Å². The van der Waals surface area contributed by atoms with E-state index in [4.69, 9.17) is 27.3 Å². The fraction of sp³-hybridized carbons (Fsp3) is 0.125. The molecular formula is C16H13ClN2O2. The van der Waals surface area contributed by atoms with Crippen LogP contribution in [0.1, 0.15) is 27.0 Å². The summed E-state index contributed by atoms with van der Waals surface area (Å²) in [5.41, 5.74) is 8.68. The number of carbonyl (C=O) groups is 1. The summed E-state index contributed by atoms with van der Waals surface area (Å²) in [4.78, 5) is 11.9. The van der Waals surface area contributed by atoms with Crippen molar-refractivity contribution in [1.29, 1.82) is 5.26 Å². The quantitative estimate of drug-likeness (QED) is 0.695. The maximum absolute atomic E-state index is 11.9. The molecule has 0 amide bonds. The molecule has 0 heterocycles. The van der Waals surface area contributed by atoms with Crippen molar-refractivity contribution in [1.82, 2.24) is 0 Å². The van der Waals surface area contributed by atoms with Gasteiger partial charge in [-0.05, 0) is 48.4 Å². The first kappa shape index (κ1) is 14.9. The van der Waals surface area contributed by atoms with Crippen molar-refractivity contribution in [3.63, 3.8) is 0 Å². The van der Waals surface area contributed by atoms with E-state index in [2.05, 4.69) is 6.07 Å². The zero-order valence-electron chi connectivity index (χ0n) is 11.4. The molecule has 21 heavy (non-hydrogen) atoms. The standard InChI is InChI=1S/C16H13ClN2O2/c1-10-6-11(8-18)2-3-13(10)9-21-16(20)12-4-5-15(19)14(17)7-12/h2-7H,9,19H2,1H3. The van der Waals surface area contributed by atoms with Crippen molar-refractivity contribution < 1.29 is 9.53 Å². The number of nitrogens with two attached hydrogens (primary N) is 1. The number of anilines is 1. The van der Waals surface area contributed by atoms with Crippen LogP contribution in [0.2, 0.25) is 5.02 Å². The third-order valence-corrected chi connectivity index (χ3v) is 3.39. The lowest BCUT2D eigenvalue weighted by molar-refractivity contribution is 0.0472. The van der Waals surface area contributed by atoms with E-state index in [9.17, 15) is 4.79 Å². The Hall–Kier alpha value is -2.51. The van der Waals surface area contributed by atoms with E-state index in [1.165, 1.54) is 6.07 Å². The van der Waals surface area contributed by atoms with Gasteiger partial charge in [0.15, 0.2) is 0 Å². The fourth-order valence-corrected chi connectivity index (χ4v) is 1.99. The van der Waals surface area contributed by atoms with Crippen LogP contribution >= 0.6 is 11.6 Å². The molecule has 0 saturated carbocycles. The highest BCUT2D eigenvalue weighted by molar-refractivity contribution is 6.33. The van der Waals surface area contributed by atoms with Gasteiger partial charge >= 0.3 is 5.97 Å². The van der Waals surface area contributed by atoms with Gasteiger partial charge in [-0.2, -0.15) is 5.26 Å². The molecule has 0 radical (unpaired) electrons. The van der Waals surface area contributed by atoms with Gasteiger partial charge in [0.2, 0.25) is 0 Å². The number of aryl methyl sites for hydroxylation is 1. The summed E-state index contributed by atoms with van der Waals surface area (Å²) in [6, 6.07) is 11.9. The lowest BCUT2D eigenvalue weighted by atomic mass is 10.1. The van der Waals surface area contributed by atoms with Crippen LogP contribution in [0, 0.1) is 18.3 Å². The first-order valence-electron chi connectivity index (χ1n) is 6.23. The van der Waals surface area contributed by atoms with E-state index in [1.807, 2.05) is 6.92 Å². The van der Waals surface area contributed by atoms with Gasteiger partial charge in [0.25, 0.3) is 0 Å². The highest BCUT2D eigenvalue weighted by atomic mass is 35.5. The van der Waals surface area contributed by atoms with E-state index in [1.54, 1.807) is 30.3 Å². The highest BCUT2D eigenvalue weighted by Gasteiger charge is 2.10. The fourth-order valence-electron chi connectivity index (χ4n) is 1.81. The predicted octanol–water partition coefficient (Wildman–Crippen LogP) is 3.46. The van der Waals surface area contributed by atoms with Crippen LogP contribution in [0.25, 0.3) is 0 Å². The number of halogens is 1. The Labute approximate surface area is 127 Å². The Morgan fingerprint density at radius 1 is 1.33 bits per heavy atom. The Morgan fingerprint density at radius 3 is 2.71 bits per heavy atom. The van der Waals surface area contributed by atoms with Gasteiger partial charge in [0, 0.05) is 0 Å². The number of hydrogen-bond donors (Lipinski definition) is 1. The van der Waals surface area contributed by atoms with Gasteiger partial charge < -0.3 is 10.5 Å². The summed E-state index contributed by atoms with van der Waals surface area (Å²) in [6.45, 7) is 2.00. The zero-order chi connectivity index (χ0) is 15.4. The predicted molar refractivity (Wildman–Crippen MR) is 80.9 cm³/mol. The number of nitrogen functional groups attached to an aromatic ring is 1. The molecule has 0 fully saturated rings. The second-order valence-corrected chi connectivity index (χ2v) is 4.97. The van der Waals surface area contributed by atoms with Crippen LogP contribution in [0.4, 0.5) is 5.69 Å². The molecule has 0 aromatic heterocycles. The molecule has 0 aliphatic heterocycles. The van der Waals surface area contributed by atoms with Crippen molar-refractivity contribution in [2.24, 2.45) is 0 Å². The number of esters is 1. The van der Waals surface area contributed by atoms with Gasteiger partial charge in [-0.3, -0.25) is 0 Å². The molecule has 2 rings (SSSR count). The zero-order valence-corrected chi connectivity index (χ0v) is 12.1. The van der Waals surface area contributed by atoms with Gasteiger partial charge in [-0.25, -0.2) is 4.79 Å². The Morgan fingerprint density at radius 2 is 2.10 bits per heavy atom. The number of nitrogens with zero attached hydrogens (tertiary/aromatic N) is 1. The Bertz CT molecular complexity index is 736. The molecule has 5 heteroatoms. The third kappa shape index (κ3) is 3.53. The summed E-state index contributed by atoms with van der Waals surface area (Å²) in [5, 5.41) is 9.13. The van der Waals surface area contributed by atoms with Crippen molar-refractivity contribution >= 4 is 23.3 Å². The molecule has 0 atom stereocenters. The second-order valence-electron chi connectivity index (χ2n) is 4.57. The number of ether oxygens (including phenoxy) is 1. The van der Waals surface area contributed by atoms with Gasteiger partial charge in [0.05, 0.1) is 27.9 Å². The summed E-state index contributed by atoms with van der Waals surface area (Å²) in [6.07, 6.45) is 0. The van der Waals surface area contributed by atoms with Crippen LogP contribution in [0.3, 0.4) is 0 Å². The summed E-state index contributed by atoms with van der Waals surface area (Å²) in [7, 11) is 0. The lowest BCUT2D eigenvalue weighted by Gasteiger charge is -2.08. The molecule has 2 N–H and O–H groups in total. The van der Waals surface area contributed by atoms with E-state index in [-0.39, 0.29) is 6.61 Å². The molecule has 0 aliphatic carbocycles. The van der Waals surface area contributed by atoms with E-state index in [0.717, 1.165) is 11.1 Å². The average Bonchev–Trinajstić information content (AvgIpc) is 2.48. The van der Waals surface area contributed by atoms with Crippen LogP contribution < -0.4 is 5.73 Å². The molecule has 0 spiro atoms. The normalized spacial score (nSPS) is 9.95. The van der Waals surface area contributed by atoms with Crippen molar-refractivity contribution in [3.8, 4) is 6.07 Å². The van der Waals surface area contributed by atoms with Gasteiger partial charge in [-0.1, -0.05) is 17.7 Å². The number of benzene rings is 2. The Kier molecular flexibility index (Phi) is 4.46. The molecule has 2 aromatic carbocycles. The lowest BCUT2D eigenvalue weighted by Crippen LogP contribution is -2.06. The van der Waals surface area contributed by atoms with E-state index in [0.29, 0.717) is 21.8 Å². The number of nitriles is 1. The maximum Gasteiger partial charge on any atom is 0.338 e. The SMILES string of the molecule is Cc1cc(C#N)ccc1COC(=O)c1ccc(N)c(Cl)c1. The number of rotatable bonds is 3. The minimum absolute atomic E-state index is 0.137. The monoisotopic (exact) mass is 300 g/mol. The smallest absolute Gasteiger partial charge is 0.338 e. The molecule has 0 aliphatic rings. The molecule has 106 valence electrons. The summed E-state index contributed by atoms with van der Waals surface area (Å²) >= 11 is 5.87. The van der Waals surface area contributed by atoms with Gasteiger partial charge in [0.1, 0.15) is 6.61 Å². The summed E-state index contributed by atoms with van der Waals surface area (Å²) in [5.74, 6) is -0.472. The average molecular weight is 301 g/mol. The van der Waals surface area contributed by atoms with Gasteiger partial charge in [-0.15, -0.1) is 0 Å². The minimum atomic E-state index is -0.472. The molecule has 0 unspecified atom stereocenters. The minimum Gasteiger partial charge on any atom is -0.457 e. The van der Waals surface area contributed by atoms with Crippen LogP contribution in [-0.4, -0.2) is 5.97 Å². The third-order valence-electron chi connectivity index (χ3n) is 3.07. The number of hydrogen-bond acceptors (Lipinski definition) is 4. The topological polar surface area (TPSA) is 76.1 Å². The molecule has 0 bridgehead atoms. The van der Waals surface area contributed by atoms with Crippen molar-refractivity contribution in [2.75, 3.05) is 5.73 Å². The summed E-state index contributed by atoms with van der Waals surface area (Å²) < 4.78 is 5.24. The molecule has 0 saturated heterocycles. The van der Waals surface area contributed by atoms with Crippen molar-refractivity contribution in [2.45, 2.75) is 13.5 Å². The molecule has 4 nitrogen and oxygen atoms in total. The second kappa shape index (κ2) is 6.29. The highest BCUT2D eigenvalue weighted by Crippen LogP contribution is 2.20. The van der Waals surface area contributed by atoms with Crippen LogP contribution in [0.15, 0.2) is 36.4 Å². The largest absolute Gasteiger partial charge is 0.457 e. The first-order chi connectivity index (χ1) is 10.0. The van der Waals surface area contributed by atoms with E-state index < -0.39 is 5.97 Å².